The molecule has 4 rings (SSSR count). The molecule has 0 spiro atoms. The minimum absolute atomic E-state index is 0.0177. The molecule has 0 aliphatic rings. The zero-order valence-corrected chi connectivity index (χ0v) is 18.9. The van der Waals surface area contributed by atoms with Crippen molar-refractivity contribution in [1.82, 2.24) is 9.97 Å². The monoisotopic (exact) mass is 483 g/mol. The van der Waals surface area contributed by atoms with Crippen molar-refractivity contribution in [2.45, 2.75) is 23.6 Å². The molecule has 2 aromatic carbocycles. The number of carbonyl (C=O) groups excluding carboxylic acids is 1. The van der Waals surface area contributed by atoms with Gasteiger partial charge in [0.05, 0.1) is 10.6 Å². The number of benzene rings is 2. The Balaban J connectivity index is 1.65. The summed E-state index contributed by atoms with van der Waals surface area (Å²) in [5.41, 5.74) is 3.01. The molecule has 0 fully saturated rings. The molecule has 0 saturated heterocycles. The van der Waals surface area contributed by atoms with E-state index in [0.29, 0.717) is 6.42 Å². The van der Waals surface area contributed by atoms with E-state index in [-0.39, 0.29) is 11.2 Å². The fourth-order valence-electron chi connectivity index (χ4n) is 2.98. The van der Waals surface area contributed by atoms with Crippen LogP contribution in [0.4, 0.5) is 5.69 Å². The lowest BCUT2D eigenvalue weighted by atomic mass is 10.1. The Morgan fingerprint density at radius 1 is 1.14 bits per heavy atom. The van der Waals surface area contributed by atoms with Crippen LogP contribution >= 0.6 is 39.0 Å². The van der Waals surface area contributed by atoms with Crippen molar-refractivity contribution in [3.05, 3.63) is 70.8 Å². The van der Waals surface area contributed by atoms with Crippen molar-refractivity contribution in [2.75, 3.05) is 5.32 Å². The fraction of sp³-hybridized carbons (Fsp3) is 0.136. The minimum Gasteiger partial charge on any atom is -0.325 e. The van der Waals surface area contributed by atoms with Gasteiger partial charge < -0.3 is 5.32 Å². The van der Waals surface area contributed by atoms with Crippen LogP contribution < -0.4 is 5.32 Å². The van der Waals surface area contributed by atoms with Gasteiger partial charge >= 0.3 is 0 Å². The summed E-state index contributed by atoms with van der Waals surface area (Å²) >= 11 is 6.58. The molecule has 1 amide bonds. The molecular formula is C22H18BrN3OS2. The number of halogens is 1. The zero-order chi connectivity index (χ0) is 20.2. The van der Waals surface area contributed by atoms with Gasteiger partial charge in [-0.05, 0) is 36.2 Å². The van der Waals surface area contributed by atoms with Gasteiger partial charge in [0.15, 0.2) is 0 Å². The second kappa shape index (κ2) is 9.07. The Morgan fingerprint density at radius 3 is 2.62 bits per heavy atom. The number of thiophene rings is 1. The van der Waals surface area contributed by atoms with Gasteiger partial charge in [-0.25, -0.2) is 9.97 Å². The summed E-state index contributed by atoms with van der Waals surface area (Å²) in [5, 5.41) is 6.71. The van der Waals surface area contributed by atoms with Crippen LogP contribution in [0.15, 0.2) is 75.8 Å². The number of fused-ring (bicyclic) bond motifs is 1. The Morgan fingerprint density at radius 2 is 1.90 bits per heavy atom. The number of anilines is 1. The maximum absolute atomic E-state index is 12.8. The molecule has 1 N–H and O–H groups in total. The highest BCUT2D eigenvalue weighted by Gasteiger charge is 2.22. The second-order valence-electron chi connectivity index (χ2n) is 6.39. The smallest absolute Gasteiger partial charge is 0.237 e. The highest BCUT2D eigenvalue weighted by molar-refractivity contribution is 9.10. The molecule has 7 heteroatoms. The average Bonchev–Trinajstić information content (AvgIpc) is 3.18. The standard InChI is InChI=1S/C22H18BrN3OS2/c1-2-18(20(27)26-16-6-4-3-5-7-16)29-22-19-17(12-28-21(19)24-13-25-22)14-8-10-15(23)11-9-14/h3-13,18H,2H2,1H3,(H,26,27). The molecule has 0 aliphatic carbocycles. The summed E-state index contributed by atoms with van der Waals surface area (Å²) in [6.45, 7) is 2.02. The molecule has 146 valence electrons. The van der Waals surface area contributed by atoms with Gasteiger partial charge in [-0.1, -0.05) is 64.9 Å². The van der Waals surface area contributed by atoms with Crippen LogP contribution in [-0.2, 0) is 4.79 Å². The van der Waals surface area contributed by atoms with E-state index < -0.39 is 0 Å². The van der Waals surface area contributed by atoms with Crippen LogP contribution in [-0.4, -0.2) is 21.1 Å². The fourth-order valence-corrected chi connectivity index (χ4v) is 5.26. The number of nitrogens with one attached hydrogen (secondary N) is 1. The van der Waals surface area contributed by atoms with E-state index in [4.69, 9.17) is 0 Å². The lowest BCUT2D eigenvalue weighted by Crippen LogP contribution is -2.24. The molecule has 0 aliphatic heterocycles. The summed E-state index contributed by atoms with van der Waals surface area (Å²) < 4.78 is 1.04. The molecule has 4 aromatic rings. The zero-order valence-electron chi connectivity index (χ0n) is 15.6. The van der Waals surface area contributed by atoms with Gasteiger partial charge in [0.25, 0.3) is 0 Å². The Kier molecular flexibility index (Phi) is 6.28. The second-order valence-corrected chi connectivity index (χ2v) is 9.35. The SMILES string of the molecule is CCC(Sc1ncnc2scc(-c3ccc(Br)cc3)c12)C(=O)Nc1ccccc1. The minimum atomic E-state index is -0.244. The Hall–Kier alpha value is -2.22. The number of para-hydroxylation sites is 1. The van der Waals surface area contributed by atoms with Crippen LogP contribution in [0.3, 0.4) is 0 Å². The molecular weight excluding hydrogens is 466 g/mol. The van der Waals surface area contributed by atoms with Crippen LogP contribution in [0, 0.1) is 0 Å². The van der Waals surface area contributed by atoms with Gasteiger partial charge in [0, 0.05) is 21.1 Å². The average molecular weight is 484 g/mol. The molecule has 2 aromatic heterocycles. The van der Waals surface area contributed by atoms with Crippen molar-refractivity contribution < 1.29 is 4.79 Å². The number of thioether (sulfide) groups is 1. The largest absolute Gasteiger partial charge is 0.325 e. The third-order valence-corrected chi connectivity index (χ3v) is 7.23. The normalized spacial score (nSPS) is 12.1. The first-order valence-electron chi connectivity index (χ1n) is 9.16. The molecule has 4 nitrogen and oxygen atoms in total. The van der Waals surface area contributed by atoms with Crippen LogP contribution in [0.25, 0.3) is 21.3 Å². The van der Waals surface area contributed by atoms with Crippen molar-refractivity contribution in [3.63, 3.8) is 0 Å². The predicted molar refractivity (Wildman–Crippen MR) is 126 cm³/mol. The summed E-state index contributed by atoms with van der Waals surface area (Å²) in [4.78, 5) is 22.7. The van der Waals surface area contributed by atoms with Crippen LogP contribution in [0.2, 0.25) is 0 Å². The van der Waals surface area contributed by atoms with Crippen molar-refractivity contribution >= 4 is 60.8 Å². The van der Waals surface area contributed by atoms with Gasteiger partial charge in [0.2, 0.25) is 5.91 Å². The van der Waals surface area contributed by atoms with Gasteiger partial charge in [0.1, 0.15) is 16.2 Å². The maximum Gasteiger partial charge on any atom is 0.237 e. The first-order valence-corrected chi connectivity index (χ1v) is 11.7. The van der Waals surface area contributed by atoms with E-state index in [1.807, 2.05) is 49.4 Å². The molecule has 0 bridgehead atoms. The van der Waals surface area contributed by atoms with Gasteiger partial charge in [-0.2, -0.15) is 0 Å². The highest BCUT2D eigenvalue weighted by atomic mass is 79.9. The predicted octanol–water partition coefficient (Wildman–Crippen LogP) is 6.63. The third-order valence-electron chi connectivity index (χ3n) is 4.45. The van der Waals surface area contributed by atoms with E-state index in [1.54, 1.807) is 17.7 Å². The highest BCUT2D eigenvalue weighted by Crippen LogP contribution is 2.39. The number of amides is 1. The molecule has 1 unspecified atom stereocenters. The summed E-state index contributed by atoms with van der Waals surface area (Å²) in [6.07, 6.45) is 2.28. The van der Waals surface area contributed by atoms with E-state index in [0.717, 1.165) is 36.5 Å². The number of carbonyl (C=O) groups is 1. The van der Waals surface area contributed by atoms with Crippen molar-refractivity contribution in [1.29, 1.82) is 0 Å². The molecule has 0 saturated carbocycles. The quantitative estimate of drug-likeness (QED) is 0.247. The summed E-state index contributed by atoms with van der Waals surface area (Å²) in [5.74, 6) is -0.0177. The number of nitrogens with zero attached hydrogens (tertiary/aromatic N) is 2. The van der Waals surface area contributed by atoms with Crippen LogP contribution in [0.5, 0.6) is 0 Å². The first kappa shape index (κ1) is 20.1. The lowest BCUT2D eigenvalue weighted by Gasteiger charge is -2.15. The van der Waals surface area contributed by atoms with Crippen LogP contribution in [0.1, 0.15) is 13.3 Å². The maximum atomic E-state index is 12.8. The van der Waals surface area contributed by atoms with E-state index in [9.17, 15) is 4.79 Å². The van der Waals surface area contributed by atoms with Crippen molar-refractivity contribution in [3.8, 4) is 11.1 Å². The van der Waals surface area contributed by atoms with E-state index in [1.165, 1.54) is 11.8 Å². The molecule has 29 heavy (non-hydrogen) atoms. The Bertz CT molecular complexity index is 1130. The number of rotatable bonds is 6. The van der Waals surface area contributed by atoms with Crippen molar-refractivity contribution in [2.24, 2.45) is 0 Å². The number of hydrogen-bond donors (Lipinski definition) is 1. The van der Waals surface area contributed by atoms with E-state index in [2.05, 4.69) is 48.7 Å². The summed E-state index contributed by atoms with van der Waals surface area (Å²) in [7, 11) is 0. The lowest BCUT2D eigenvalue weighted by molar-refractivity contribution is -0.115. The third kappa shape index (κ3) is 4.52. The molecule has 1 atom stereocenters. The van der Waals surface area contributed by atoms with Gasteiger partial charge in [-0.15, -0.1) is 11.3 Å². The summed E-state index contributed by atoms with van der Waals surface area (Å²) in [6, 6.07) is 17.7. The van der Waals surface area contributed by atoms with E-state index >= 15 is 0 Å². The number of hydrogen-bond acceptors (Lipinski definition) is 5. The Labute approximate surface area is 185 Å². The molecule has 2 heterocycles. The van der Waals surface area contributed by atoms with Gasteiger partial charge in [-0.3, -0.25) is 4.79 Å². The topological polar surface area (TPSA) is 54.9 Å². The first-order chi connectivity index (χ1) is 14.2. The number of aromatic nitrogens is 2. The molecule has 0 radical (unpaired) electrons.